The summed E-state index contributed by atoms with van der Waals surface area (Å²) >= 11 is 6.01. The second-order valence-electron chi connectivity index (χ2n) is 7.86. The minimum atomic E-state index is -0.159. The lowest BCUT2D eigenvalue weighted by atomic mass is 10.0. The van der Waals surface area contributed by atoms with Crippen LogP contribution in [0.3, 0.4) is 0 Å². The maximum atomic E-state index is 13.0. The summed E-state index contributed by atoms with van der Waals surface area (Å²) in [5.74, 6) is 0.981. The van der Waals surface area contributed by atoms with Gasteiger partial charge in [-0.1, -0.05) is 17.7 Å². The van der Waals surface area contributed by atoms with Crippen molar-refractivity contribution < 1.29 is 0 Å². The molecule has 3 aromatic heterocycles. The van der Waals surface area contributed by atoms with Crippen molar-refractivity contribution in [2.75, 3.05) is 11.9 Å². The van der Waals surface area contributed by atoms with E-state index < -0.39 is 0 Å². The number of nitrogens with one attached hydrogen (secondary N) is 2. The van der Waals surface area contributed by atoms with Crippen LogP contribution in [-0.2, 0) is 13.0 Å². The fourth-order valence-electron chi connectivity index (χ4n) is 3.93. The molecule has 8 nitrogen and oxygen atoms in total. The Labute approximate surface area is 183 Å². The SMILES string of the molecule is CC(C)n1c(=O)c2cnc(Nc3ccc4c(c3)CNCC4)nc2n1-c1ccc(Cl)cn1. The second kappa shape index (κ2) is 7.79. The number of fused-ring (bicyclic) bond motifs is 2. The molecule has 0 fully saturated rings. The van der Waals surface area contributed by atoms with E-state index in [1.54, 1.807) is 33.9 Å². The van der Waals surface area contributed by atoms with Crippen LogP contribution in [0.1, 0.15) is 31.0 Å². The molecule has 0 bridgehead atoms. The van der Waals surface area contributed by atoms with Gasteiger partial charge >= 0.3 is 0 Å². The van der Waals surface area contributed by atoms with Gasteiger partial charge < -0.3 is 10.6 Å². The smallest absolute Gasteiger partial charge is 0.278 e. The average molecular weight is 436 g/mol. The fourth-order valence-corrected chi connectivity index (χ4v) is 4.04. The van der Waals surface area contributed by atoms with Gasteiger partial charge in [-0.25, -0.2) is 19.3 Å². The van der Waals surface area contributed by atoms with Crippen LogP contribution >= 0.6 is 11.6 Å². The maximum Gasteiger partial charge on any atom is 0.278 e. The zero-order valence-electron chi connectivity index (χ0n) is 17.3. The lowest BCUT2D eigenvalue weighted by molar-refractivity contribution is 0.472. The molecule has 0 spiro atoms. The Morgan fingerprint density at radius 2 is 2.00 bits per heavy atom. The van der Waals surface area contributed by atoms with Crippen LogP contribution in [0.25, 0.3) is 16.9 Å². The summed E-state index contributed by atoms with van der Waals surface area (Å²) in [6.07, 6.45) is 4.15. The van der Waals surface area contributed by atoms with Crippen LogP contribution < -0.4 is 16.2 Å². The predicted molar refractivity (Wildman–Crippen MR) is 121 cm³/mol. The Morgan fingerprint density at radius 1 is 1.13 bits per heavy atom. The molecule has 1 aliphatic heterocycles. The summed E-state index contributed by atoms with van der Waals surface area (Å²) in [6.45, 7) is 5.74. The molecule has 0 saturated heterocycles. The molecule has 0 amide bonds. The summed E-state index contributed by atoms with van der Waals surface area (Å²) in [4.78, 5) is 26.5. The van der Waals surface area contributed by atoms with Crippen LogP contribution in [-0.4, -0.2) is 30.9 Å². The Morgan fingerprint density at radius 3 is 2.77 bits per heavy atom. The van der Waals surface area contributed by atoms with E-state index in [1.165, 1.54) is 11.1 Å². The van der Waals surface area contributed by atoms with Gasteiger partial charge in [0.25, 0.3) is 5.56 Å². The Bertz CT molecular complexity index is 1320. The normalized spacial score (nSPS) is 13.5. The quantitative estimate of drug-likeness (QED) is 0.509. The highest BCUT2D eigenvalue weighted by Crippen LogP contribution is 2.23. The van der Waals surface area contributed by atoms with Gasteiger partial charge in [0.05, 0.1) is 5.02 Å². The number of halogens is 1. The number of hydrogen-bond donors (Lipinski definition) is 2. The summed E-state index contributed by atoms with van der Waals surface area (Å²) in [5.41, 5.74) is 3.87. The molecule has 0 atom stereocenters. The molecule has 1 aromatic carbocycles. The predicted octanol–water partition coefficient (Wildman–Crippen LogP) is 3.60. The van der Waals surface area contributed by atoms with Crippen LogP contribution in [0.4, 0.5) is 11.6 Å². The summed E-state index contributed by atoms with van der Waals surface area (Å²) in [5, 5.41) is 7.63. The molecule has 5 rings (SSSR count). The van der Waals surface area contributed by atoms with Gasteiger partial charge in [-0.3, -0.25) is 4.79 Å². The van der Waals surface area contributed by atoms with Gasteiger partial charge in [-0.05, 0) is 62.2 Å². The highest BCUT2D eigenvalue weighted by Gasteiger charge is 2.20. The first kappa shape index (κ1) is 19.7. The Balaban J connectivity index is 1.61. The van der Waals surface area contributed by atoms with Crippen molar-refractivity contribution in [3.8, 4) is 5.82 Å². The molecular weight excluding hydrogens is 414 g/mol. The molecule has 0 saturated carbocycles. The lowest BCUT2D eigenvalue weighted by Crippen LogP contribution is -2.24. The summed E-state index contributed by atoms with van der Waals surface area (Å²) in [6, 6.07) is 9.70. The van der Waals surface area contributed by atoms with E-state index in [2.05, 4.69) is 37.7 Å². The summed E-state index contributed by atoms with van der Waals surface area (Å²) < 4.78 is 3.35. The van der Waals surface area contributed by atoms with Crippen molar-refractivity contribution in [1.82, 2.24) is 29.6 Å². The molecule has 0 aliphatic carbocycles. The molecule has 4 aromatic rings. The van der Waals surface area contributed by atoms with E-state index in [1.807, 2.05) is 19.9 Å². The molecule has 0 radical (unpaired) electrons. The zero-order valence-corrected chi connectivity index (χ0v) is 18.0. The minimum absolute atomic E-state index is 0.0938. The summed E-state index contributed by atoms with van der Waals surface area (Å²) in [7, 11) is 0. The number of anilines is 2. The average Bonchev–Trinajstić information content (AvgIpc) is 3.06. The van der Waals surface area contributed by atoms with Crippen LogP contribution in [0, 0.1) is 0 Å². The Hall–Kier alpha value is -3.23. The van der Waals surface area contributed by atoms with Crippen LogP contribution in [0.5, 0.6) is 0 Å². The van der Waals surface area contributed by atoms with Crippen molar-refractivity contribution in [2.24, 2.45) is 0 Å². The first-order chi connectivity index (χ1) is 15.0. The largest absolute Gasteiger partial charge is 0.324 e. The van der Waals surface area contributed by atoms with Gasteiger partial charge in [0.15, 0.2) is 11.5 Å². The number of rotatable bonds is 4. The zero-order chi connectivity index (χ0) is 21.5. The number of nitrogens with zero attached hydrogens (tertiary/aromatic N) is 5. The Kier molecular flexibility index (Phi) is 4.95. The van der Waals surface area contributed by atoms with E-state index in [-0.39, 0.29) is 11.6 Å². The van der Waals surface area contributed by atoms with Crippen molar-refractivity contribution >= 4 is 34.3 Å². The molecule has 158 valence electrons. The number of aromatic nitrogens is 5. The number of benzene rings is 1. The molecule has 31 heavy (non-hydrogen) atoms. The minimum Gasteiger partial charge on any atom is -0.324 e. The van der Waals surface area contributed by atoms with E-state index in [0.717, 1.165) is 25.2 Å². The van der Waals surface area contributed by atoms with Gasteiger partial charge in [-0.2, -0.15) is 4.98 Å². The lowest BCUT2D eigenvalue weighted by Gasteiger charge is -2.18. The van der Waals surface area contributed by atoms with Gasteiger partial charge in [0.2, 0.25) is 5.95 Å². The number of hydrogen-bond acceptors (Lipinski definition) is 6. The third-order valence-electron chi connectivity index (χ3n) is 5.39. The highest BCUT2D eigenvalue weighted by molar-refractivity contribution is 6.30. The third kappa shape index (κ3) is 3.58. The first-order valence-corrected chi connectivity index (χ1v) is 10.6. The first-order valence-electron chi connectivity index (χ1n) is 10.2. The third-order valence-corrected chi connectivity index (χ3v) is 5.61. The second-order valence-corrected chi connectivity index (χ2v) is 8.29. The van der Waals surface area contributed by atoms with Gasteiger partial charge in [0, 0.05) is 30.7 Å². The fraction of sp³-hybridized carbons (Fsp3) is 0.273. The highest BCUT2D eigenvalue weighted by atomic mass is 35.5. The van der Waals surface area contributed by atoms with Crippen molar-refractivity contribution in [2.45, 2.75) is 32.9 Å². The monoisotopic (exact) mass is 435 g/mol. The van der Waals surface area contributed by atoms with Gasteiger partial charge in [0.1, 0.15) is 5.39 Å². The molecule has 2 N–H and O–H groups in total. The maximum absolute atomic E-state index is 13.0. The molecule has 1 aliphatic rings. The molecule has 0 unspecified atom stereocenters. The van der Waals surface area contributed by atoms with Crippen LogP contribution in [0.2, 0.25) is 5.02 Å². The van der Waals surface area contributed by atoms with E-state index in [4.69, 9.17) is 11.6 Å². The van der Waals surface area contributed by atoms with E-state index in [0.29, 0.717) is 27.8 Å². The van der Waals surface area contributed by atoms with Crippen LogP contribution in [0.15, 0.2) is 47.5 Å². The van der Waals surface area contributed by atoms with E-state index >= 15 is 0 Å². The van der Waals surface area contributed by atoms with Crippen molar-refractivity contribution in [1.29, 1.82) is 0 Å². The standard InChI is InChI=1S/C22H22ClN7O/c1-13(2)29-21(31)18-12-26-22(27-17-5-3-14-7-8-24-10-15(14)9-17)28-20(18)30(29)19-6-4-16(23)11-25-19/h3-6,9,11-13,24H,7-8,10H2,1-2H3,(H,26,27,28). The topological polar surface area (TPSA) is 89.7 Å². The molecule has 4 heterocycles. The number of pyridine rings is 1. The molecular formula is C22H22ClN7O. The van der Waals surface area contributed by atoms with Crippen molar-refractivity contribution in [3.63, 3.8) is 0 Å². The van der Waals surface area contributed by atoms with Gasteiger partial charge in [-0.15, -0.1) is 0 Å². The molecule has 9 heteroatoms. The van der Waals surface area contributed by atoms with E-state index in [9.17, 15) is 4.79 Å². The van der Waals surface area contributed by atoms with Crippen molar-refractivity contribution in [3.05, 3.63) is 69.2 Å².